The predicted molar refractivity (Wildman–Crippen MR) is 65.1 cm³/mol. The van der Waals surface area contributed by atoms with Crippen molar-refractivity contribution in [2.75, 3.05) is 31.6 Å². The van der Waals surface area contributed by atoms with Crippen LogP contribution in [0.1, 0.15) is 0 Å². The predicted octanol–water partition coefficient (Wildman–Crippen LogP) is 1.78. The highest BCUT2D eigenvalue weighted by molar-refractivity contribution is 6.38. The first-order valence-corrected chi connectivity index (χ1v) is 5.73. The summed E-state index contributed by atoms with van der Waals surface area (Å²) in [4.78, 5) is 3.89. The number of halogens is 2. The van der Waals surface area contributed by atoms with Gasteiger partial charge in [0.15, 0.2) is 0 Å². The summed E-state index contributed by atoms with van der Waals surface area (Å²) in [7, 11) is 0. The quantitative estimate of drug-likeness (QED) is 0.868. The lowest BCUT2D eigenvalue weighted by Gasteiger charge is -2.40. The molecule has 1 aromatic heterocycles. The Kier molecular flexibility index (Phi) is 3.54. The molecule has 0 aliphatic carbocycles. The molecule has 88 valence electrons. The summed E-state index contributed by atoms with van der Waals surface area (Å²) in [5.74, 6) is 0. The minimum absolute atomic E-state index is 0.00985. The lowest BCUT2D eigenvalue weighted by atomic mass is 9.86. The van der Waals surface area contributed by atoms with Crippen molar-refractivity contribution in [3.63, 3.8) is 0 Å². The van der Waals surface area contributed by atoms with E-state index in [1.54, 1.807) is 12.4 Å². The van der Waals surface area contributed by atoms with Crippen LogP contribution in [0.2, 0.25) is 10.0 Å². The van der Waals surface area contributed by atoms with E-state index in [2.05, 4.69) is 10.3 Å². The first-order valence-electron chi connectivity index (χ1n) is 4.98. The van der Waals surface area contributed by atoms with Crippen LogP contribution in [-0.2, 0) is 4.74 Å². The lowest BCUT2D eigenvalue weighted by Crippen LogP contribution is -2.52. The molecule has 0 unspecified atom stereocenters. The van der Waals surface area contributed by atoms with Gasteiger partial charge in [-0.15, -0.1) is 0 Å². The zero-order valence-electron chi connectivity index (χ0n) is 8.67. The number of pyridine rings is 1. The van der Waals surface area contributed by atoms with Crippen LogP contribution in [0.5, 0.6) is 0 Å². The van der Waals surface area contributed by atoms with Gasteiger partial charge in [-0.1, -0.05) is 23.2 Å². The Morgan fingerprint density at radius 3 is 2.44 bits per heavy atom. The van der Waals surface area contributed by atoms with Gasteiger partial charge >= 0.3 is 0 Å². The average molecular weight is 262 g/mol. The molecule has 1 aromatic rings. The van der Waals surface area contributed by atoms with Crippen molar-refractivity contribution in [3.05, 3.63) is 22.4 Å². The summed E-state index contributed by atoms with van der Waals surface area (Å²) >= 11 is 12.0. The first-order chi connectivity index (χ1) is 7.67. The van der Waals surface area contributed by atoms with Crippen molar-refractivity contribution < 1.29 is 4.74 Å². The van der Waals surface area contributed by atoms with Crippen LogP contribution in [0.15, 0.2) is 12.4 Å². The molecule has 2 rings (SSSR count). The van der Waals surface area contributed by atoms with E-state index >= 15 is 0 Å². The van der Waals surface area contributed by atoms with Gasteiger partial charge in [-0.05, 0) is 0 Å². The van der Waals surface area contributed by atoms with Gasteiger partial charge < -0.3 is 15.8 Å². The standard InChI is InChI=1S/C10H13Cl2N3O/c11-7-1-14-2-8(12)9(7)15-4-10(3-13)5-16-6-10/h1-2H,3-6,13H2,(H,14,15). The highest BCUT2D eigenvalue weighted by Crippen LogP contribution is 2.32. The maximum atomic E-state index is 5.99. The molecular formula is C10H13Cl2N3O. The second kappa shape index (κ2) is 4.75. The molecule has 0 amide bonds. The zero-order chi connectivity index (χ0) is 11.6. The van der Waals surface area contributed by atoms with Gasteiger partial charge in [0.2, 0.25) is 0 Å². The van der Waals surface area contributed by atoms with E-state index in [1.165, 1.54) is 0 Å². The summed E-state index contributed by atoms with van der Waals surface area (Å²) in [6.45, 7) is 2.64. The molecule has 3 N–H and O–H groups in total. The van der Waals surface area contributed by atoms with Crippen LogP contribution in [0.4, 0.5) is 5.69 Å². The third-order valence-corrected chi connectivity index (χ3v) is 3.32. The van der Waals surface area contributed by atoms with Crippen molar-refractivity contribution in [2.24, 2.45) is 11.1 Å². The molecule has 0 saturated carbocycles. The van der Waals surface area contributed by atoms with Gasteiger partial charge in [-0.25, -0.2) is 0 Å². The molecule has 2 heterocycles. The highest BCUT2D eigenvalue weighted by atomic mass is 35.5. The third kappa shape index (κ3) is 2.25. The van der Waals surface area contributed by atoms with Crippen LogP contribution >= 0.6 is 23.2 Å². The summed E-state index contributed by atoms with van der Waals surface area (Å²) in [6.07, 6.45) is 3.12. The summed E-state index contributed by atoms with van der Waals surface area (Å²) < 4.78 is 5.18. The molecule has 4 nitrogen and oxygen atoms in total. The maximum Gasteiger partial charge on any atom is 0.0836 e. The van der Waals surface area contributed by atoms with Gasteiger partial charge in [-0.2, -0.15) is 0 Å². The molecule has 0 aromatic carbocycles. The fourth-order valence-corrected chi connectivity index (χ4v) is 2.04. The monoisotopic (exact) mass is 261 g/mol. The number of anilines is 1. The number of nitrogens with two attached hydrogens (primary N) is 1. The largest absolute Gasteiger partial charge is 0.382 e. The first kappa shape index (κ1) is 11.9. The fraction of sp³-hybridized carbons (Fsp3) is 0.500. The van der Waals surface area contributed by atoms with Crippen LogP contribution in [0.25, 0.3) is 0 Å². The smallest absolute Gasteiger partial charge is 0.0836 e. The van der Waals surface area contributed by atoms with Crippen LogP contribution in [-0.4, -0.2) is 31.3 Å². The molecule has 1 aliphatic heterocycles. The van der Waals surface area contributed by atoms with E-state index < -0.39 is 0 Å². The van der Waals surface area contributed by atoms with Crippen LogP contribution in [0.3, 0.4) is 0 Å². The highest BCUT2D eigenvalue weighted by Gasteiger charge is 2.37. The van der Waals surface area contributed by atoms with Crippen molar-refractivity contribution in [2.45, 2.75) is 0 Å². The van der Waals surface area contributed by atoms with Crippen LogP contribution in [0, 0.1) is 5.41 Å². The Morgan fingerprint density at radius 1 is 1.38 bits per heavy atom. The molecule has 16 heavy (non-hydrogen) atoms. The van der Waals surface area contributed by atoms with E-state index in [0.717, 1.165) is 0 Å². The molecule has 1 aliphatic rings. The van der Waals surface area contributed by atoms with Crippen molar-refractivity contribution >= 4 is 28.9 Å². The van der Waals surface area contributed by atoms with Gasteiger partial charge in [0.05, 0.1) is 28.9 Å². The van der Waals surface area contributed by atoms with Crippen molar-refractivity contribution in [1.82, 2.24) is 4.98 Å². The van der Waals surface area contributed by atoms with E-state index in [1.807, 2.05) is 0 Å². The van der Waals surface area contributed by atoms with Crippen LogP contribution < -0.4 is 11.1 Å². The molecule has 1 fully saturated rings. The molecule has 0 bridgehead atoms. The van der Waals surface area contributed by atoms with Gasteiger partial charge in [0.25, 0.3) is 0 Å². The second-order valence-corrected chi connectivity index (χ2v) is 4.84. The summed E-state index contributed by atoms with van der Waals surface area (Å²) in [5.41, 5.74) is 6.43. The Labute approximate surface area is 104 Å². The van der Waals surface area contributed by atoms with Crippen molar-refractivity contribution in [1.29, 1.82) is 0 Å². The average Bonchev–Trinajstić information content (AvgIpc) is 2.20. The molecule has 6 heteroatoms. The van der Waals surface area contributed by atoms with E-state index in [-0.39, 0.29) is 5.41 Å². The van der Waals surface area contributed by atoms with Gasteiger partial charge in [0, 0.05) is 30.9 Å². The number of nitrogens with zero attached hydrogens (tertiary/aromatic N) is 1. The number of hydrogen-bond donors (Lipinski definition) is 2. The number of nitrogens with one attached hydrogen (secondary N) is 1. The number of hydrogen-bond acceptors (Lipinski definition) is 4. The molecule has 0 spiro atoms. The Bertz CT molecular complexity index is 357. The third-order valence-electron chi connectivity index (χ3n) is 2.74. The topological polar surface area (TPSA) is 60.2 Å². The van der Waals surface area contributed by atoms with E-state index in [0.29, 0.717) is 42.0 Å². The Hall–Kier alpha value is -0.550. The minimum Gasteiger partial charge on any atom is -0.382 e. The molecule has 0 atom stereocenters. The fourth-order valence-electron chi connectivity index (χ4n) is 1.54. The SMILES string of the molecule is NCC1(CNc2c(Cl)cncc2Cl)COC1. The maximum absolute atomic E-state index is 5.99. The molecular weight excluding hydrogens is 249 g/mol. The summed E-state index contributed by atoms with van der Waals surface area (Å²) in [5, 5.41) is 4.24. The van der Waals surface area contributed by atoms with Crippen molar-refractivity contribution in [3.8, 4) is 0 Å². The number of ether oxygens (including phenoxy) is 1. The van der Waals surface area contributed by atoms with Gasteiger partial charge in [0.1, 0.15) is 0 Å². The Morgan fingerprint density at radius 2 is 2.00 bits per heavy atom. The summed E-state index contributed by atoms with van der Waals surface area (Å²) in [6, 6.07) is 0. The molecule has 0 radical (unpaired) electrons. The van der Waals surface area contributed by atoms with E-state index in [4.69, 9.17) is 33.7 Å². The normalized spacial score (nSPS) is 17.9. The number of rotatable bonds is 4. The van der Waals surface area contributed by atoms with E-state index in [9.17, 15) is 0 Å². The minimum atomic E-state index is 0.00985. The van der Waals surface area contributed by atoms with Gasteiger partial charge in [-0.3, -0.25) is 4.98 Å². The lowest BCUT2D eigenvalue weighted by molar-refractivity contribution is -0.0979. The zero-order valence-corrected chi connectivity index (χ0v) is 10.2. The number of aromatic nitrogens is 1. The molecule has 1 saturated heterocycles. The Balaban J connectivity index is 2.04. The second-order valence-electron chi connectivity index (χ2n) is 4.03.